The number of ether oxygens (including phenoxy) is 1. The number of halogens is 1. The Hall–Kier alpha value is -1.95. The fraction of sp³-hybridized carbons (Fsp3) is 0.529. The van der Waals surface area contributed by atoms with Gasteiger partial charge in [-0.1, -0.05) is 30.3 Å². The lowest BCUT2D eigenvalue weighted by molar-refractivity contribution is 0.0709. The second-order valence-corrected chi connectivity index (χ2v) is 6.14. The lowest BCUT2D eigenvalue weighted by Gasteiger charge is -2.37. The Bertz CT molecular complexity index is 569. The average molecular weight is 354 g/mol. The van der Waals surface area contributed by atoms with Crippen molar-refractivity contribution < 1.29 is 14.3 Å². The largest absolute Gasteiger partial charge is 0.445 e. The molecule has 0 radical (unpaired) electrons. The summed E-state index contributed by atoms with van der Waals surface area (Å²) in [5.41, 5.74) is 0.979. The zero-order valence-electron chi connectivity index (χ0n) is 13.8. The van der Waals surface area contributed by atoms with Gasteiger partial charge in [0.05, 0.1) is 6.04 Å². The molecule has 2 heterocycles. The number of carbonyl (C=O) groups is 2. The normalized spacial score (nSPS) is 22.4. The van der Waals surface area contributed by atoms with Gasteiger partial charge in [0.25, 0.3) is 0 Å². The Morgan fingerprint density at radius 2 is 1.92 bits per heavy atom. The molecule has 3 rings (SSSR count). The van der Waals surface area contributed by atoms with E-state index in [1.807, 2.05) is 30.3 Å². The standard InChI is InChI=1S/C17H23N3O3.ClH/c1-18-16(21)19-9-7-14-8-10-20(15(14)11-19)17(22)23-12-13-5-3-2-4-6-13;/h2-6,14-15H,7-12H2,1H3,(H,18,21);1H/t14?,15-;/m1./s1. The van der Waals surface area contributed by atoms with E-state index in [1.54, 1.807) is 16.8 Å². The van der Waals surface area contributed by atoms with Gasteiger partial charge in [0.2, 0.25) is 0 Å². The molecular weight excluding hydrogens is 330 g/mol. The Kier molecular flexibility index (Phi) is 6.31. The topological polar surface area (TPSA) is 61.9 Å². The molecule has 132 valence electrons. The van der Waals surface area contributed by atoms with Gasteiger partial charge in [0, 0.05) is 26.7 Å². The van der Waals surface area contributed by atoms with Gasteiger partial charge >= 0.3 is 12.1 Å². The van der Waals surface area contributed by atoms with Crippen LogP contribution in [0.25, 0.3) is 0 Å². The number of fused-ring (bicyclic) bond motifs is 1. The number of likely N-dealkylation sites (tertiary alicyclic amines) is 2. The van der Waals surface area contributed by atoms with Gasteiger partial charge in [-0.25, -0.2) is 9.59 Å². The van der Waals surface area contributed by atoms with Gasteiger partial charge < -0.3 is 19.9 Å². The van der Waals surface area contributed by atoms with Gasteiger partial charge in [-0.2, -0.15) is 0 Å². The summed E-state index contributed by atoms with van der Waals surface area (Å²) in [6.45, 7) is 2.34. The third-order valence-electron chi connectivity index (χ3n) is 4.80. The number of nitrogens with one attached hydrogen (secondary N) is 1. The number of hydrogen-bond acceptors (Lipinski definition) is 3. The zero-order chi connectivity index (χ0) is 16.2. The van der Waals surface area contributed by atoms with Crippen molar-refractivity contribution in [3.8, 4) is 0 Å². The first-order chi connectivity index (χ1) is 11.2. The quantitative estimate of drug-likeness (QED) is 0.888. The SMILES string of the molecule is CNC(=O)N1CCC2CCN(C(=O)OCc3ccccc3)[C@@H]2C1.Cl. The van der Waals surface area contributed by atoms with Crippen LogP contribution in [0.3, 0.4) is 0 Å². The van der Waals surface area contributed by atoms with Crippen molar-refractivity contribution in [2.24, 2.45) is 5.92 Å². The van der Waals surface area contributed by atoms with Crippen molar-refractivity contribution in [1.29, 1.82) is 0 Å². The fourth-order valence-corrected chi connectivity index (χ4v) is 3.51. The molecular formula is C17H24ClN3O3. The Morgan fingerprint density at radius 3 is 2.62 bits per heavy atom. The minimum Gasteiger partial charge on any atom is -0.445 e. The van der Waals surface area contributed by atoms with Crippen LogP contribution in [0.4, 0.5) is 9.59 Å². The van der Waals surface area contributed by atoms with Gasteiger partial charge in [-0.15, -0.1) is 12.4 Å². The highest BCUT2D eigenvalue weighted by Gasteiger charge is 2.42. The van der Waals surface area contributed by atoms with Gasteiger partial charge in [-0.05, 0) is 24.3 Å². The molecule has 24 heavy (non-hydrogen) atoms. The Labute approximate surface area is 148 Å². The van der Waals surface area contributed by atoms with E-state index in [0.29, 0.717) is 19.0 Å². The number of piperidine rings is 1. The van der Waals surface area contributed by atoms with Crippen LogP contribution >= 0.6 is 12.4 Å². The molecule has 6 nitrogen and oxygen atoms in total. The molecule has 3 amide bonds. The third kappa shape index (κ3) is 3.93. The van der Waals surface area contributed by atoms with E-state index in [9.17, 15) is 9.59 Å². The molecule has 1 aromatic carbocycles. The number of nitrogens with zero attached hydrogens (tertiary/aromatic N) is 2. The number of rotatable bonds is 2. The maximum Gasteiger partial charge on any atom is 0.410 e. The number of urea groups is 1. The molecule has 2 saturated heterocycles. The van der Waals surface area contributed by atoms with Gasteiger partial charge in [-0.3, -0.25) is 0 Å². The van der Waals surface area contributed by atoms with Gasteiger partial charge in [0.15, 0.2) is 0 Å². The first-order valence-electron chi connectivity index (χ1n) is 8.13. The number of amides is 3. The fourth-order valence-electron chi connectivity index (χ4n) is 3.51. The van der Waals surface area contributed by atoms with Crippen molar-refractivity contribution in [3.05, 3.63) is 35.9 Å². The zero-order valence-corrected chi connectivity index (χ0v) is 14.6. The maximum absolute atomic E-state index is 12.4. The van der Waals surface area contributed by atoms with Crippen molar-refractivity contribution >= 4 is 24.5 Å². The Balaban J connectivity index is 0.00000208. The van der Waals surface area contributed by atoms with E-state index in [2.05, 4.69) is 5.32 Å². The molecule has 0 spiro atoms. The summed E-state index contributed by atoms with van der Waals surface area (Å²) in [5, 5.41) is 2.66. The molecule has 2 fully saturated rings. The summed E-state index contributed by atoms with van der Waals surface area (Å²) < 4.78 is 5.45. The van der Waals surface area contributed by atoms with E-state index in [4.69, 9.17) is 4.74 Å². The smallest absolute Gasteiger partial charge is 0.410 e. The second kappa shape index (κ2) is 8.24. The minimum atomic E-state index is -0.278. The van der Waals surface area contributed by atoms with E-state index in [0.717, 1.165) is 24.9 Å². The molecule has 1 aromatic rings. The molecule has 0 aromatic heterocycles. The predicted octanol–water partition coefficient (Wildman–Crippen LogP) is 2.48. The highest BCUT2D eigenvalue weighted by Crippen LogP contribution is 2.32. The summed E-state index contributed by atoms with van der Waals surface area (Å²) in [7, 11) is 1.63. The number of hydrogen-bond donors (Lipinski definition) is 1. The van der Waals surface area contributed by atoms with Crippen LogP contribution in [0.15, 0.2) is 30.3 Å². The molecule has 0 bridgehead atoms. The van der Waals surface area contributed by atoms with E-state index < -0.39 is 0 Å². The third-order valence-corrected chi connectivity index (χ3v) is 4.80. The lowest BCUT2D eigenvalue weighted by atomic mass is 9.92. The van der Waals surface area contributed by atoms with E-state index >= 15 is 0 Å². The van der Waals surface area contributed by atoms with Crippen molar-refractivity contribution in [1.82, 2.24) is 15.1 Å². The monoisotopic (exact) mass is 353 g/mol. The molecule has 2 aliphatic heterocycles. The molecule has 0 saturated carbocycles. The maximum atomic E-state index is 12.4. The summed E-state index contributed by atoms with van der Waals surface area (Å²) in [4.78, 5) is 27.8. The van der Waals surface area contributed by atoms with Crippen LogP contribution in [0.1, 0.15) is 18.4 Å². The summed E-state index contributed by atoms with van der Waals surface area (Å²) >= 11 is 0. The Morgan fingerprint density at radius 1 is 1.21 bits per heavy atom. The van der Waals surface area contributed by atoms with Crippen LogP contribution < -0.4 is 5.32 Å². The highest BCUT2D eigenvalue weighted by molar-refractivity contribution is 5.85. The van der Waals surface area contributed by atoms with Crippen LogP contribution in [-0.2, 0) is 11.3 Å². The lowest BCUT2D eigenvalue weighted by Crippen LogP contribution is -2.53. The summed E-state index contributed by atoms with van der Waals surface area (Å²) in [6.07, 6.45) is 1.66. The van der Waals surface area contributed by atoms with Crippen LogP contribution in [-0.4, -0.2) is 54.6 Å². The first-order valence-corrected chi connectivity index (χ1v) is 8.13. The van der Waals surface area contributed by atoms with Crippen LogP contribution in [0.2, 0.25) is 0 Å². The molecule has 2 atom stereocenters. The van der Waals surface area contributed by atoms with E-state index in [1.165, 1.54) is 0 Å². The second-order valence-electron chi connectivity index (χ2n) is 6.14. The van der Waals surface area contributed by atoms with Crippen molar-refractivity contribution in [2.75, 3.05) is 26.7 Å². The predicted molar refractivity (Wildman–Crippen MR) is 93.1 cm³/mol. The molecule has 0 aliphatic carbocycles. The molecule has 2 aliphatic rings. The number of carbonyl (C=O) groups excluding carboxylic acids is 2. The van der Waals surface area contributed by atoms with Gasteiger partial charge in [0.1, 0.15) is 6.61 Å². The van der Waals surface area contributed by atoms with Crippen molar-refractivity contribution in [3.63, 3.8) is 0 Å². The first kappa shape index (κ1) is 18.4. The average Bonchev–Trinajstić information content (AvgIpc) is 3.03. The van der Waals surface area contributed by atoms with Crippen molar-refractivity contribution in [2.45, 2.75) is 25.5 Å². The summed E-state index contributed by atoms with van der Waals surface area (Å²) in [5.74, 6) is 0.472. The summed E-state index contributed by atoms with van der Waals surface area (Å²) in [6, 6.07) is 9.67. The van der Waals surface area contributed by atoms with E-state index in [-0.39, 0.29) is 37.2 Å². The molecule has 1 N–H and O–H groups in total. The van der Waals surface area contributed by atoms with Crippen LogP contribution in [0, 0.1) is 5.92 Å². The molecule has 7 heteroatoms. The minimum absolute atomic E-state index is 0. The molecule has 1 unspecified atom stereocenters. The number of benzene rings is 1. The van der Waals surface area contributed by atoms with Crippen LogP contribution in [0.5, 0.6) is 0 Å². The highest BCUT2D eigenvalue weighted by atomic mass is 35.5.